The van der Waals surface area contributed by atoms with Crippen LogP contribution in [0.15, 0.2) is 72.8 Å². The molecule has 0 saturated heterocycles. The summed E-state index contributed by atoms with van der Waals surface area (Å²) in [4.78, 5) is 4.34. The van der Waals surface area contributed by atoms with Crippen LogP contribution in [0.4, 0.5) is 0 Å². The largest absolute Gasteiger partial charge is 0.494 e. The molecule has 3 aromatic carbocycles. The fourth-order valence-corrected chi connectivity index (χ4v) is 4.15. The zero-order valence-electron chi connectivity index (χ0n) is 22.3. The standard InChI is InChI=1S/C31H39ClN2O2/c1-24(25-8-14-28(32)15-9-25)31(26-10-16-29(17-11-26)35-22-6-20-33(2)3)27-12-18-30(19-13-27)36-23-7-21-34(4)5/h8-19H,6-7,20-23H2,1-5H3. The van der Waals surface area contributed by atoms with Crippen molar-refractivity contribution in [2.24, 2.45) is 0 Å². The minimum atomic E-state index is 0.708. The van der Waals surface area contributed by atoms with Gasteiger partial charge in [0.1, 0.15) is 11.5 Å². The lowest BCUT2D eigenvalue weighted by atomic mass is 9.90. The summed E-state index contributed by atoms with van der Waals surface area (Å²) in [5.74, 6) is 1.78. The average Bonchev–Trinajstić information content (AvgIpc) is 2.86. The Hall–Kier alpha value is -2.79. The first-order chi connectivity index (χ1) is 17.3. The van der Waals surface area contributed by atoms with Crippen molar-refractivity contribution < 1.29 is 9.47 Å². The van der Waals surface area contributed by atoms with Crippen LogP contribution in [0.5, 0.6) is 11.5 Å². The summed E-state index contributed by atoms with van der Waals surface area (Å²) in [5.41, 5.74) is 5.79. The Kier molecular flexibility index (Phi) is 10.9. The van der Waals surface area contributed by atoms with E-state index in [2.05, 4.69) is 106 Å². The lowest BCUT2D eigenvalue weighted by Gasteiger charge is -2.16. The highest BCUT2D eigenvalue weighted by Gasteiger charge is 2.12. The number of hydrogen-bond acceptors (Lipinski definition) is 4. The number of benzene rings is 3. The van der Waals surface area contributed by atoms with E-state index in [1.54, 1.807) is 0 Å². The molecule has 0 unspecified atom stereocenters. The number of ether oxygens (including phenoxy) is 2. The molecule has 192 valence electrons. The molecule has 3 aromatic rings. The third-order valence-corrected chi connectivity index (χ3v) is 6.23. The molecule has 0 aliphatic heterocycles. The van der Waals surface area contributed by atoms with E-state index < -0.39 is 0 Å². The van der Waals surface area contributed by atoms with Gasteiger partial charge < -0.3 is 19.3 Å². The smallest absolute Gasteiger partial charge is 0.119 e. The van der Waals surface area contributed by atoms with Gasteiger partial charge in [-0.2, -0.15) is 0 Å². The summed E-state index contributed by atoms with van der Waals surface area (Å²) in [7, 11) is 8.32. The van der Waals surface area contributed by atoms with E-state index in [0.29, 0.717) is 13.2 Å². The van der Waals surface area contributed by atoms with Crippen molar-refractivity contribution in [2.45, 2.75) is 19.8 Å². The van der Waals surface area contributed by atoms with Crippen LogP contribution in [0.3, 0.4) is 0 Å². The first-order valence-corrected chi connectivity index (χ1v) is 12.9. The maximum absolute atomic E-state index is 6.15. The third kappa shape index (κ3) is 8.70. The molecule has 36 heavy (non-hydrogen) atoms. The van der Waals surface area contributed by atoms with Crippen LogP contribution in [0.1, 0.15) is 36.5 Å². The van der Waals surface area contributed by atoms with E-state index in [-0.39, 0.29) is 0 Å². The number of rotatable bonds is 13. The van der Waals surface area contributed by atoms with E-state index in [4.69, 9.17) is 21.1 Å². The van der Waals surface area contributed by atoms with E-state index in [1.807, 2.05) is 12.1 Å². The molecule has 4 nitrogen and oxygen atoms in total. The quantitative estimate of drug-likeness (QED) is 0.184. The summed E-state index contributed by atoms with van der Waals surface area (Å²) in [5, 5.41) is 0.736. The first kappa shape index (κ1) is 27.8. The Balaban J connectivity index is 1.83. The Morgan fingerprint density at radius 1 is 0.611 bits per heavy atom. The van der Waals surface area contributed by atoms with Gasteiger partial charge in [-0.3, -0.25) is 0 Å². The summed E-state index contributed by atoms with van der Waals surface area (Å²) in [6.07, 6.45) is 2.00. The van der Waals surface area contributed by atoms with Crippen LogP contribution in [-0.4, -0.2) is 64.3 Å². The topological polar surface area (TPSA) is 24.9 Å². The van der Waals surface area contributed by atoms with Gasteiger partial charge in [-0.25, -0.2) is 0 Å². The number of allylic oxidation sites excluding steroid dienone is 1. The fraction of sp³-hybridized carbons (Fsp3) is 0.355. The molecule has 5 heteroatoms. The predicted molar refractivity (Wildman–Crippen MR) is 153 cm³/mol. The van der Waals surface area contributed by atoms with E-state index in [0.717, 1.165) is 59.1 Å². The SMILES string of the molecule is CC(=C(c1ccc(OCCCN(C)C)cc1)c1ccc(OCCCN(C)C)cc1)c1ccc(Cl)cc1. The summed E-state index contributed by atoms with van der Waals surface area (Å²) >= 11 is 6.15. The van der Waals surface area contributed by atoms with Crippen LogP contribution < -0.4 is 9.47 Å². The lowest BCUT2D eigenvalue weighted by molar-refractivity contribution is 0.281. The molecule has 0 spiro atoms. The van der Waals surface area contributed by atoms with Crippen molar-refractivity contribution >= 4 is 22.7 Å². The van der Waals surface area contributed by atoms with Gasteiger partial charge in [0, 0.05) is 18.1 Å². The van der Waals surface area contributed by atoms with Gasteiger partial charge in [-0.15, -0.1) is 0 Å². The normalized spacial score (nSPS) is 11.1. The van der Waals surface area contributed by atoms with E-state index in [1.165, 1.54) is 11.1 Å². The molecule has 0 aliphatic carbocycles. The van der Waals surface area contributed by atoms with Gasteiger partial charge in [-0.05, 0) is 112 Å². The second kappa shape index (κ2) is 14.1. The molecule has 0 radical (unpaired) electrons. The van der Waals surface area contributed by atoms with Crippen LogP contribution in [-0.2, 0) is 0 Å². The Bertz CT molecular complexity index is 1030. The van der Waals surface area contributed by atoms with Crippen LogP contribution in [0.2, 0.25) is 5.02 Å². The Morgan fingerprint density at radius 3 is 1.39 bits per heavy atom. The van der Waals surface area contributed by atoms with Gasteiger partial charge >= 0.3 is 0 Å². The molecule has 0 N–H and O–H groups in total. The second-order valence-corrected chi connectivity index (χ2v) is 10.0. The molecule has 0 bridgehead atoms. The average molecular weight is 507 g/mol. The van der Waals surface area contributed by atoms with Crippen molar-refractivity contribution in [1.29, 1.82) is 0 Å². The second-order valence-electron chi connectivity index (χ2n) is 9.57. The molecule has 0 amide bonds. The minimum absolute atomic E-state index is 0.708. The van der Waals surface area contributed by atoms with Gasteiger partial charge in [0.2, 0.25) is 0 Å². The molecule has 0 heterocycles. The molecular weight excluding hydrogens is 468 g/mol. The maximum atomic E-state index is 6.15. The molecule has 0 fully saturated rings. The monoisotopic (exact) mass is 506 g/mol. The highest BCUT2D eigenvalue weighted by Crippen LogP contribution is 2.34. The van der Waals surface area contributed by atoms with Crippen LogP contribution >= 0.6 is 11.6 Å². The van der Waals surface area contributed by atoms with Gasteiger partial charge in [0.25, 0.3) is 0 Å². The predicted octanol–water partition coefficient (Wildman–Crippen LogP) is 6.98. The van der Waals surface area contributed by atoms with Gasteiger partial charge in [-0.1, -0.05) is 48.0 Å². The van der Waals surface area contributed by atoms with E-state index >= 15 is 0 Å². The number of halogens is 1. The zero-order valence-corrected chi connectivity index (χ0v) is 23.0. The summed E-state index contributed by atoms with van der Waals surface area (Å²) in [6, 6.07) is 24.8. The van der Waals surface area contributed by atoms with Gasteiger partial charge in [0.15, 0.2) is 0 Å². The lowest BCUT2D eigenvalue weighted by Crippen LogP contribution is -2.15. The highest BCUT2D eigenvalue weighted by molar-refractivity contribution is 6.30. The molecular formula is C31H39ClN2O2. The highest BCUT2D eigenvalue weighted by atomic mass is 35.5. The Labute approximate surface area is 222 Å². The molecule has 0 aliphatic rings. The summed E-state index contributed by atoms with van der Waals surface area (Å²) in [6.45, 7) is 5.61. The van der Waals surface area contributed by atoms with E-state index in [9.17, 15) is 0 Å². The Morgan fingerprint density at radius 2 is 1.00 bits per heavy atom. The maximum Gasteiger partial charge on any atom is 0.119 e. The minimum Gasteiger partial charge on any atom is -0.494 e. The molecule has 3 rings (SSSR count). The van der Waals surface area contributed by atoms with Crippen molar-refractivity contribution in [2.75, 3.05) is 54.5 Å². The first-order valence-electron chi connectivity index (χ1n) is 12.6. The number of nitrogens with zero attached hydrogens (tertiary/aromatic N) is 2. The zero-order chi connectivity index (χ0) is 25.9. The molecule has 0 aromatic heterocycles. The van der Waals surface area contributed by atoms with Crippen LogP contribution in [0, 0.1) is 0 Å². The van der Waals surface area contributed by atoms with Crippen molar-refractivity contribution in [3.8, 4) is 11.5 Å². The molecule has 0 saturated carbocycles. The molecule has 0 atom stereocenters. The fourth-order valence-electron chi connectivity index (χ4n) is 4.02. The van der Waals surface area contributed by atoms with Crippen molar-refractivity contribution in [3.63, 3.8) is 0 Å². The van der Waals surface area contributed by atoms with Crippen molar-refractivity contribution in [1.82, 2.24) is 9.80 Å². The number of hydrogen-bond donors (Lipinski definition) is 0. The third-order valence-electron chi connectivity index (χ3n) is 5.98. The van der Waals surface area contributed by atoms with Crippen molar-refractivity contribution in [3.05, 3.63) is 94.5 Å². The van der Waals surface area contributed by atoms with Gasteiger partial charge in [0.05, 0.1) is 13.2 Å². The summed E-state index contributed by atoms with van der Waals surface area (Å²) < 4.78 is 11.9. The van der Waals surface area contributed by atoms with Crippen LogP contribution in [0.25, 0.3) is 11.1 Å².